The maximum Gasteiger partial charge on any atom is 0.315 e. The van der Waals surface area contributed by atoms with E-state index < -0.39 is 0 Å². The zero-order valence-electron chi connectivity index (χ0n) is 13.6. The molecule has 2 rings (SSSR count). The van der Waals surface area contributed by atoms with Crippen molar-refractivity contribution in [3.05, 3.63) is 65.5 Å². The first-order valence-electron chi connectivity index (χ1n) is 7.76. The summed E-state index contributed by atoms with van der Waals surface area (Å²) in [6.45, 7) is 1.94. The molecule has 0 aliphatic heterocycles. The molecule has 0 fully saturated rings. The minimum absolute atomic E-state index is 0.154. The maximum atomic E-state index is 13.5. The van der Waals surface area contributed by atoms with Gasteiger partial charge in [0.2, 0.25) is 0 Å². The second-order valence-electron chi connectivity index (χ2n) is 5.24. The van der Waals surface area contributed by atoms with E-state index in [4.69, 9.17) is 4.74 Å². The highest BCUT2D eigenvalue weighted by atomic mass is 19.1. The Morgan fingerprint density at radius 2 is 1.75 bits per heavy atom. The van der Waals surface area contributed by atoms with Crippen LogP contribution in [0.4, 0.5) is 14.9 Å². The van der Waals surface area contributed by atoms with Crippen molar-refractivity contribution >= 4 is 11.7 Å². The number of carbonyl (C=O) groups is 1. The lowest BCUT2D eigenvalue weighted by atomic mass is 10.2. The van der Waals surface area contributed by atoms with Crippen LogP contribution in [0.1, 0.15) is 11.1 Å². The molecule has 0 radical (unpaired) electrons. The van der Waals surface area contributed by atoms with Crippen LogP contribution in [0.25, 0.3) is 0 Å². The summed E-state index contributed by atoms with van der Waals surface area (Å²) in [5.41, 5.74) is 2.44. The fourth-order valence-corrected chi connectivity index (χ4v) is 2.10. The highest BCUT2D eigenvalue weighted by Gasteiger charge is 2.04. The Labute approximate surface area is 141 Å². The Kier molecular flexibility index (Phi) is 7.04. The van der Waals surface area contributed by atoms with Crippen LogP contribution in [0.15, 0.2) is 48.5 Å². The molecule has 24 heavy (non-hydrogen) atoms. The second kappa shape index (κ2) is 9.52. The highest BCUT2D eigenvalue weighted by Crippen LogP contribution is 2.09. The average molecular weight is 331 g/mol. The number of anilines is 1. The standard InChI is InChI=1S/C18H22FN3O2/c1-24-11-10-20-16-8-6-14(7-9-16)12-21-18(23)22-13-15-4-2-3-5-17(15)19/h2-9,20H,10-13H2,1H3,(H2,21,22,23). The molecule has 0 aliphatic rings. The van der Waals surface area contributed by atoms with Crippen molar-refractivity contribution in [2.24, 2.45) is 0 Å². The van der Waals surface area contributed by atoms with E-state index >= 15 is 0 Å². The minimum Gasteiger partial charge on any atom is -0.383 e. The van der Waals surface area contributed by atoms with Crippen LogP contribution in [-0.4, -0.2) is 26.3 Å². The SMILES string of the molecule is COCCNc1ccc(CNC(=O)NCc2ccccc2F)cc1. The predicted octanol–water partition coefficient (Wildman–Crippen LogP) is 2.88. The van der Waals surface area contributed by atoms with Gasteiger partial charge in [0.05, 0.1) is 6.61 Å². The Morgan fingerprint density at radius 3 is 2.46 bits per heavy atom. The van der Waals surface area contributed by atoms with Gasteiger partial charge in [-0.05, 0) is 23.8 Å². The van der Waals surface area contributed by atoms with Crippen LogP contribution in [0.2, 0.25) is 0 Å². The van der Waals surface area contributed by atoms with Crippen molar-refractivity contribution < 1.29 is 13.9 Å². The second-order valence-corrected chi connectivity index (χ2v) is 5.24. The largest absolute Gasteiger partial charge is 0.383 e. The molecule has 0 unspecified atom stereocenters. The number of halogens is 1. The van der Waals surface area contributed by atoms with Gasteiger partial charge in [-0.3, -0.25) is 0 Å². The summed E-state index contributed by atoms with van der Waals surface area (Å²) in [5, 5.41) is 8.61. The molecule has 0 heterocycles. The number of urea groups is 1. The van der Waals surface area contributed by atoms with Gasteiger partial charge in [0.1, 0.15) is 5.82 Å². The number of hydrogen-bond donors (Lipinski definition) is 3. The minimum atomic E-state index is -0.333. The third-order valence-electron chi connectivity index (χ3n) is 3.44. The van der Waals surface area contributed by atoms with Crippen LogP contribution < -0.4 is 16.0 Å². The lowest BCUT2D eigenvalue weighted by Gasteiger charge is -2.09. The molecule has 2 aromatic rings. The molecular formula is C18H22FN3O2. The van der Waals surface area contributed by atoms with Gasteiger partial charge in [0.15, 0.2) is 0 Å². The Bertz CT molecular complexity index is 647. The van der Waals surface area contributed by atoms with Crippen molar-refractivity contribution in [2.45, 2.75) is 13.1 Å². The molecule has 128 valence electrons. The fourth-order valence-electron chi connectivity index (χ4n) is 2.10. The normalized spacial score (nSPS) is 10.2. The molecular weight excluding hydrogens is 309 g/mol. The first-order valence-corrected chi connectivity index (χ1v) is 7.76. The molecule has 0 saturated heterocycles. The summed E-state index contributed by atoms with van der Waals surface area (Å²) in [6, 6.07) is 13.8. The molecule has 0 aromatic heterocycles. The van der Waals surface area contributed by atoms with Gasteiger partial charge in [-0.25, -0.2) is 9.18 Å². The maximum absolute atomic E-state index is 13.5. The van der Waals surface area contributed by atoms with Crippen LogP contribution in [0.5, 0.6) is 0 Å². The number of rotatable bonds is 8. The topological polar surface area (TPSA) is 62.4 Å². The van der Waals surface area contributed by atoms with Gasteiger partial charge < -0.3 is 20.7 Å². The molecule has 2 amide bonds. The Hall–Kier alpha value is -2.60. The number of benzene rings is 2. The highest BCUT2D eigenvalue weighted by molar-refractivity contribution is 5.73. The summed E-state index contributed by atoms with van der Waals surface area (Å²) in [4.78, 5) is 11.8. The molecule has 6 heteroatoms. The van der Waals surface area contributed by atoms with Crippen molar-refractivity contribution in [2.75, 3.05) is 25.6 Å². The smallest absolute Gasteiger partial charge is 0.315 e. The van der Waals surface area contributed by atoms with Crippen molar-refractivity contribution in [1.82, 2.24) is 10.6 Å². The van der Waals surface area contributed by atoms with Crippen LogP contribution in [0, 0.1) is 5.82 Å². The third-order valence-corrected chi connectivity index (χ3v) is 3.44. The molecule has 0 bridgehead atoms. The molecule has 0 aliphatic carbocycles. The molecule has 3 N–H and O–H groups in total. The third kappa shape index (κ3) is 5.89. The first kappa shape index (κ1) is 17.7. The summed E-state index contributed by atoms with van der Waals surface area (Å²) >= 11 is 0. The monoisotopic (exact) mass is 331 g/mol. The molecule has 0 atom stereocenters. The van der Waals surface area contributed by atoms with E-state index in [1.54, 1.807) is 25.3 Å². The lowest BCUT2D eigenvalue weighted by Crippen LogP contribution is -2.34. The van der Waals surface area contributed by atoms with Crippen LogP contribution in [-0.2, 0) is 17.8 Å². The molecule has 0 spiro atoms. The van der Waals surface area contributed by atoms with E-state index in [2.05, 4.69) is 16.0 Å². The van der Waals surface area contributed by atoms with E-state index in [0.717, 1.165) is 17.8 Å². The van der Waals surface area contributed by atoms with Gasteiger partial charge in [-0.1, -0.05) is 30.3 Å². The van der Waals surface area contributed by atoms with Crippen LogP contribution >= 0.6 is 0 Å². The number of carbonyl (C=O) groups excluding carboxylic acids is 1. The van der Waals surface area contributed by atoms with E-state index in [1.807, 2.05) is 24.3 Å². The first-order chi connectivity index (χ1) is 11.7. The summed E-state index contributed by atoms with van der Waals surface area (Å²) in [5.74, 6) is -0.325. The van der Waals surface area contributed by atoms with Crippen molar-refractivity contribution in [1.29, 1.82) is 0 Å². The number of amides is 2. The van der Waals surface area contributed by atoms with E-state index in [9.17, 15) is 9.18 Å². The van der Waals surface area contributed by atoms with Crippen LogP contribution in [0.3, 0.4) is 0 Å². The average Bonchev–Trinajstić information content (AvgIpc) is 2.60. The van der Waals surface area contributed by atoms with Crippen molar-refractivity contribution in [3.8, 4) is 0 Å². The predicted molar refractivity (Wildman–Crippen MR) is 92.3 cm³/mol. The summed E-state index contributed by atoms with van der Waals surface area (Å²) < 4.78 is 18.4. The summed E-state index contributed by atoms with van der Waals surface area (Å²) in [6.07, 6.45) is 0. The fraction of sp³-hybridized carbons (Fsp3) is 0.278. The molecule has 5 nitrogen and oxygen atoms in total. The number of nitrogens with one attached hydrogen (secondary N) is 3. The lowest BCUT2D eigenvalue weighted by molar-refractivity contribution is 0.211. The Morgan fingerprint density at radius 1 is 1.04 bits per heavy atom. The zero-order chi connectivity index (χ0) is 17.2. The van der Waals surface area contributed by atoms with E-state index in [1.165, 1.54) is 6.07 Å². The molecule has 2 aromatic carbocycles. The molecule has 0 saturated carbocycles. The van der Waals surface area contributed by atoms with E-state index in [-0.39, 0.29) is 18.4 Å². The van der Waals surface area contributed by atoms with E-state index in [0.29, 0.717) is 18.7 Å². The quantitative estimate of drug-likeness (QED) is 0.652. The zero-order valence-corrected chi connectivity index (χ0v) is 13.6. The number of ether oxygens (including phenoxy) is 1. The van der Waals surface area contributed by atoms with Crippen molar-refractivity contribution in [3.63, 3.8) is 0 Å². The van der Waals surface area contributed by atoms with Gasteiger partial charge in [0, 0.05) is 38.0 Å². The van der Waals surface area contributed by atoms with Gasteiger partial charge >= 0.3 is 6.03 Å². The van der Waals surface area contributed by atoms with Gasteiger partial charge in [-0.15, -0.1) is 0 Å². The Balaban J connectivity index is 1.72. The number of hydrogen-bond acceptors (Lipinski definition) is 3. The van der Waals surface area contributed by atoms with Gasteiger partial charge in [0.25, 0.3) is 0 Å². The summed E-state index contributed by atoms with van der Waals surface area (Å²) in [7, 11) is 1.66. The number of methoxy groups -OCH3 is 1. The van der Waals surface area contributed by atoms with Gasteiger partial charge in [-0.2, -0.15) is 0 Å².